The summed E-state index contributed by atoms with van der Waals surface area (Å²) in [6.07, 6.45) is -0.777. The number of alkyl halides is 3. The van der Waals surface area contributed by atoms with Crippen LogP contribution in [0.25, 0.3) is 16.2 Å². The zero-order valence-electron chi connectivity index (χ0n) is 15.1. The summed E-state index contributed by atoms with van der Waals surface area (Å²) in [5, 5.41) is 5.08. The van der Waals surface area contributed by atoms with E-state index in [0.717, 1.165) is 6.07 Å². The number of nitrogens with two attached hydrogens (primary N) is 1. The van der Waals surface area contributed by atoms with Gasteiger partial charge in [-0.1, -0.05) is 11.3 Å². The van der Waals surface area contributed by atoms with Crippen LogP contribution in [0.4, 0.5) is 24.1 Å². The van der Waals surface area contributed by atoms with Gasteiger partial charge in [-0.15, -0.1) is 5.10 Å². The predicted molar refractivity (Wildman–Crippen MR) is 102 cm³/mol. The van der Waals surface area contributed by atoms with Gasteiger partial charge in [-0.2, -0.15) is 17.5 Å². The first-order valence-corrected chi connectivity index (χ1v) is 11.1. The van der Waals surface area contributed by atoms with E-state index in [0.29, 0.717) is 42.0 Å². The van der Waals surface area contributed by atoms with E-state index in [2.05, 4.69) is 15.1 Å². The molecule has 3 aromatic rings. The lowest BCUT2D eigenvalue weighted by molar-refractivity contribution is -0.137. The summed E-state index contributed by atoms with van der Waals surface area (Å²) in [5.74, 6) is -0.593. The molecule has 4 heterocycles. The molecular weight excluding hydrogens is 431 g/mol. The maximum atomic E-state index is 13.1. The molecule has 0 saturated carbocycles. The standard InChI is InChI=1S/C15H16F3N7O2S2/c1-29(26,27)24-4-2-23(3-5-24)14-22-25-11(8-21-13(25)28-14)9-6-10(15(16,17)18)12(19)20-7-9/h6-8H,2-5H2,1H3,(H2,19,20). The molecule has 2 N–H and O–H groups in total. The summed E-state index contributed by atoms with van der Waals surface area (Å²) in [5.41, 5.74) is 4.90. The number of hydrogen-bond donors (Lipinski definition) is 1. The van der Waals surface area contributed by atoms with Crippen LogP contribution in [0, 0.1) is 0 Å². The first-order chi connectivity index (χ1) is 13.5. The normalized spacial score (nSPS) is 16.6. The highest BCUT2D eigenvalue weighted by Gasteiger charge is 2.34. The van der Waals surface area contributed by atoms with E-state index in [1.54, 1.807) is 0 Å². The third-order valence-electron chi connectivity index (χ3n) is 4.57. The van der Waals surface area contributed by atoms with Crippen LogP contribution in [0.3, 0.4) is 0 Å². The van der Waals surface area contributed by atoms with Gasteiger partial charge in [0.1, 0.15) is 5.82 Å². The maximum Gasteiger partial charge on any atom is 0.419 e. The Kier molecular flexibility index (Phi) is 4.66. The number of pyridine rings is 1. The monoisotopic (exact) mass is 447 g/mol. The van der Waals surface area contributed by atoms with Crippen molar-refractivity contribution in [2.24, 2.45) is 0 Å². The van der Waals surface area contributed by atoms with Gasteiger partial charge in [-0.05, 0) is 6.07 Å². The Hall–Kier alpha value is -2.45. The molecule has 1 fully saturated rings. The molecule has 0 spiro atoms. The van der Waals surface area contributed by atoms with Crippen molar-refractivity contribution in [3.05, 3.63) is 24.0 Å². The van der Waals surface area contributed by atoms with E-state index in [9.17, 15) is 21.6 Å². The van der Waals surface area contributed by atoms with Crippen LogP contribution in [0.5, 0.6) is 0 Å². The van der Waals surface area contributed by atoms with Crippen LogP contribution >= 0.6 is 11.3 Å². The lowest BCUT2D eigenvalue weighted by Crippen LogP contribution is -2.48. The first kappa shape index (κ1) is 19.8. The van der Waals surface area contributed by atoms with E-state index in [1.807, 2.05) is 4.90 Å². The predicted octanol–water partition coefficient (Wildman–Crippen LogP) is 1.54. The fourth-order valence-electron chi connectivity index (χ4n) is 3.06. The maximum absolute atomic E-state index is 13.1. The number of piperazine rings is 1. The van der Waals surface area contributed by atoms with Crippen molar-refractivity contribution < 1.29 is 21.6 Å². The van der Waals surface area contributed by atoms with Gasteiger partial charge in [0.25, 0.3) is 0 Å². The molecule has 9 nitrogen and oxygen atoms in total. The lowest BCUT2D eigenvalue weighted by Gasteiger charge is -2.32. The number of anilines is 2. The van der Waals surface area contributed by atoms with Gasteiger partial charge in [-0.25, -0.2) is 22.9 Å². The first-order valence-electron chi connectivity index (χ1n) is 8.42. The number of fused-ring (bicyclic) bond motifs is 1. The molecule has 1 aliphatic heterocycles. The number of imidazole rings is 1. The van der Waals surface area contributed by atoms with Gasteiger partial charge in [0.05, 0.1) is 23.7 Å². The van der Waals surface area contributed by atoms with Gasteiger partial charge in [0, 0.05) is 37.9 Å². The number of nitrogen functional groups attached to an aromatic ring is 1. The Morgan fingerprint density at radius 1 is 1.14 bits per heavy atom. The van der Waals surface area contributed by atoms with Crippen LogP contribution in [0.2, 0.25) is 0 Å². The number of sulfonamides is 1. The second kappa shape index (κ2) is 6.81. The second-order valence-corrected chi connectivity index (χ2v) is 9.44. The highest BCUT2D eigenvalue weighted by Crippen LogP contribution is 2.36. The summed E-state index contributed by atoms with van der Waals surface area (Å²) < 4.78 is 65.5. The minimum absolute atomic E-state index is 0.192. The lowest BCUT2D eigenvalue weighted by atomic mass is 10.1. The van der Waals surface area contributed by atoms with Crippen molar-refractivity contribution in [2.75, 3.05) is 43.1 Å². The SMILES string of the molecule is CS(=O)(=O)N1CCN(c2nn3c(-c4cnc(N)c(C(F)(F)F)c4)cnc3s2)CC1. The molecule has 4 rings (SSSR count). The molecule has 0 aliphatic carbocycles. The van der Waals surface area contributed by atoms with Crippen LogP contribution < -0.4 is 10.6 Å². The van der Waals surface area contributed by atoms with Crippen molar-refractivity contribution in [2.45, 2.75) is 6.18 Å². The molecule has 0 aromatic carbocycles. The van der Waals surface area contributed by atoms with Crippen molar-refractivity contribution >= 4 is 37.3 Å². The van der Waals surface area contributed by atoms with Gasteiger partial charge in [0.2, 0.25) is 20.1 Å². The van der Waals surface area contributed by atoms with E-state index in [4.69, 9.17) is 5.73 Å². The molecule has 0 bridgehead atoms. The fraction of sp³-hybridized carbons (Fsp3) is 0.400. The zero-order chi connectivity index (χ0) is 21.0. The molecule has 0 unspecified atom stereocenters. The molecule has 29 heavy (non-hydrogen) atoms. The van der Waals surface area contributed by atoms with Crippen molar-refractivity contribution in [1.82, 2.24) is 23.9 Å². The summed E-state index contributed by atoms with van der Waals surface area (Å²) in [7, 11) is -3.24. The number of halogens is 3. The summed E-state index contributed by atoms with van der Waals surface area (Å²) in [6.45, 7) is 1.59. The average Bonchev–Trinajstić information content (AvgIpc) is 3.21. The number of nitrogens with zero attached hydrogens (tertiary/aromatic N) is 6. The second-order valence-electron chi connectivity index (χ2n) is 6.53. The van der Waals surface area contributed by atoms with Gasteiger partial charge < -0.3 is 10.6 Å². The van der Waals surface area contributed by atoms with Gasteiger partial charge in [0.15, 0.2) is 0 Å². The molecule has 156 valence electrons. The molecule has 0 atom stereocenters. The third kappa shape index (κ3) is 3.74. The van der Waals surface area contributed by atoms with Crippen LogP contribution in [0.1, 0.15) is 5.56 Å². The quantitative estimate of drug-likeness (QED) is 0.649. The average molecular weight is 447 g/mol. The van der Waals surface area contributed by atoms with Crippen LogP contribution in [-0.4, -0.2) is 64.7 Å². The molecule has 3 aromatic heterocycles. The van der Waals surface area contributed by atoms with Gasteiger partial charge >= 0.3 is 6.18 Å². The largest absolute Gasteiger partial charge is 0.419 e. The minimum atomic E-state index is -4.62. The van der Waals surface area contributed by atoms with E-state index < -0.39 is 27.6 Å². The molecule has 14 heteroatoms. The van der Waals surface area contributed by atoms with Gasteiger partial charge in [-0.3, -0.25) is 0 Å². The highest BCUT2D eigenvalue weighted by molar-refractivity contribution is 7.88. The summed E-state index contributed by atoms with van der Waals surface area (Å²) in [6, 6.07) is 0.926. The van der Waals surface area contributed by atoms with E-state index in [1.165, 1.54) is 38.8 Å². The third-order valence-corrected chi connectivity index (χ3v) is 6.86. The van der Waals surface area contributed by atoms with Crippen molar-refractivity contribution in [3.63, 3.8) is 0 Å². The molecule has 0 amide bonds. The number of hydrogen-bond acceptors (Lipinski definition) is 8. The number of rotatable bonds is 3. The summed E-state index contributed by atoms with van der Waals surface area (Å²) >= 11 is 1.27. The summed E-state index contributed by atoms with van der Waals surface area (Å²) in [4.78, 5) is 10.3. The van der Waals surface area contributed by atoms with Crippen LogP contribution in [0.15, 0.2) is 18.5 Å². The molecule has 1 saturated heterocycles. The molecule has 0 radical (unpaired) electrons. The smallest absolute Gasteiger partial charge is 0.383 e. The van der Waals surface area contributed by atoms with Crippen LogP contribution in [-0.2, 0) is 16.2 Å². The van der Waals surface area contributed by atoms with E-state index >= 15 is 0 Å². The Bertz CT molecular complexity index is 1160. The topological polar surface area (TPSA) is 110 Å². The zero-order valence-corrected chi connectivity index (χ0v) is 16.7. The van der Waals surface area contributed by atoms with Crippen molar-refractivity contribution in [1.29, 1.82) is 0 Å². The van der Waals surface area contributed by atoms with E-state index in [-0.39, 0.29) is 5.56 Å². The number of aromatic nitrogens is 4. The minimum Gasteiger partial charge on any atom is -0.383 e. The highest BCUT2D eigenvalue weighted by atomic mass is 32.2. The fourth-order valence-corrected chi connectivity index (χ4v) is 4.82. The Morgan fingerprint density at radius 2 is 1.83 bits per heavy atom. The molecular formula is C15H16F3N7O2S2. The van der Waals surface area contributed by atoms with Crippen molar-refractivity contribution in [3.8, 4) is 11.3 Å². The Labute approximate surface area is 167 Å². The Balaban J connectivity index is 1.64. The molecule has 1 aliphatic rings. The Morgan fingerprint density at radius 3 is 2.45 bits per heavy atom.